The minimum absolute atomic E-state index is 0. The Hall–Kier alpha value is -1.10. The van der Waals surface area contributed by atoms with Crippen molar-refractivity contribution in [3.63, 3.8) is 0 Å². The molecule has 4 N–H and O–H groups in total. The molecule has 1 aliphatic rings. The van der Waals surface area contributed by atoms with Crippen molar-refractivity contribution in [3.8, 4) is 0 Å². The van der Waals surface area contributed by atoms with Crippen molar-refractivity contribution >= 4 is 18.4 Å². The molecule has 1 heterocycles. The fraction of sp³-hybridized carbons (Fsp3) is 0.462. The third-order valence-electron chi connectivity index (χ3n) is 3.43. The molecular formula is C13H19ClN2O2. The Morgan fingerprint density at radius 1 is 1.28 bits per heavy atom. The van der Waals surface area contributed by atoms with Crippen LogP contribution in [0.3, 0.4) is 0 Å². The molecule has 1 aromatic carbocycles. The van der Waals surface area contributed by atoms with Crippen LogP contribution in [0.4, 0.5) is 0 Å². The number of benzene rings is 1. The standard InChI is InChI=1S/C13H18N2O2.ClH/c14-12(10-5-7-15-8-6-10)9-1-3-11(4-2-9)13(16)17;/h1-4,10,12,15H,5-8,14H2,(H,16,17);1H/t12-;/m0./s1. The van der Waals surface area contributed by atoms with E-state index in [1.807, 2.05) is 12.1 Å². The Balaban J connectivity index is 0.00000162. The number of piperidine rings is 1. The molecule has 1 aliphatic heterocycles. The van der Waals surface area contributed by atoms with Crippen LogP contribution >= 0.6 is 12.4 Å². The molecule has 0 unspecified atom stereocenters. The Kier molecular flexibility index (Phi) is 5.59. The summed E-state index contributed by atoms with van der Waals surface area (Å²) in [5, 5.41) is 12.1. The maximum Gasteiger partial charge on any atom is 0.335 e. The number of nitrogens with two attached hydrogens (primary N) is 1. The highest BCUT2D eigenvalue weighted by Crippen LogP contribution is 2.26. The number of hydrogen-bond donors (Lipinski definition) is 3. The van der Waals surface area contributed by atoms with Gasteiger partial charge in [0.05, 0.1) is 5.56 Å². The number of halogens is 1. The van der Waals surface area contributed by atoms with Gasteiger partial charge in [-0.2, -0.15) is 0 Å². The minimum atomic E-state index is -0.896. The molecule has 18 heavy (non-hydrogen) atoms. The van der Waals surface area contributed by atoms with Crippen LogP contribution in [0.25, 0.3) is 0 Å². The normalized spacial score (nSPS) is 17.8. The average Bonchev–Trinajstić information content (AvgIpc) is 2.39. The summed E-state index contributed by atoms with van der Waals surface area (Å²) in [7, 11) is 0. The highest BCUT2D eigenvalue weighted by molar-refractivity contribution is 5.87. The lowest BCUT2D eigenvalue weighted by molar-refractivity contribution is 0.0697. The van der Waals surface area contributed by atoms with Crippen molar-refractivity contribution in [3.05, 3.63) is 35.4 Å². The van der Waals surface area contributed by atoms with Gasteiger partial charge in [0, 0.05) is 6.04 Å². The average molecular weight is 271 g/mol. The third kappa shape index (κ3) is 3.45. The molecule has 0 saturated carbocycles. The second kappa shape index (κ2) is 6.73. The van der Waals surface area contributed by atoms with Gasteiger partial charge >= 0.3 is 5.97 Å². The molecule has 5 heteroatoms. The van der Waals surface area contributed by atoms with Crippen LogP contribution in [0.15, 0.2) is 24.3 Å². The molecule has 0 aliphatic carbocycles. The van der Waals surface area contributed by atoms with Crippen molar-refractivity contribution < 1.29 is 9.90 Å². The zero-order valence-corrected chi connectivity index (χ0v) is 11.0. The van der Waals surface area contributed by atoms with Gasteiger partial charge in [-0.25, -0.2) is 4.79 Å². The van der Waals surface area contributed by atoms with E-state index in [0.717, 1.165) is 31.5 Å². The van der Waals surface area contributed by atoms with Crippen molar-refractivity contribution in [1.82, 2.24) is 5.32 Å². The molecule has 1 atom stereocenters. The van der Waals surface area contributed by atoms with Gasteiger partial charge in [-0.3, -0.25) is 0 Å². The van der Waals surface area contributed by atoms with E-state index in [1.165, 1.54) is 0 Å². The highest BCUT2D eigenvalue weighted by atomic mass is 35.5. The summed E-state index contributed by atoms with van der Waals surface area (Å²) in [6.45, 7) is 2.04. The first kappa shape index (κ1) is 15.0. The predicted molar refractivity (Wildman–Crippen MR) is 73.2 cm³/mol. The highest BCUT2D eigenvalue weighted by Gasteiger charge is 2.21. The van der Waals surface area contributed by atoms with E-state index in [1.54, 1.807) is 12.1 Å². The molecule has 0 amide bonds. The number of aromatic carboxylic acids is 1. The molecule has 1 fully saturated rings. The predicted octanol–water partition coefficient (Wildman–Crippen LogP) is 1.81. The van der Waals surface area contributed by atoms with Gasteiger partial charge in [-0.05, 0) is 49.5 Å². The monoisotopic (exact) mass is 270 g/mol. The van der Waals surface area contributed by atoms with Gasteiger partial charge in [-0.15, -0.1) is 12.4 Å². The lowest BCUT2D eigenvalue weighted by atomic mass is 9.86. The summed E-state index contributed by atoms with van der Waals surface area (Å²) in [6, 6.07) is 6.92. The minimum Gasteiger partial charge on any atom is -0.478 e. The largest absolute Gasteiger partial charge is 0.478 e. The maximum atomic E-state index is 10.7. The van der Waals surface area contributed by atoms with E-state index in [0.29, 0.717) is 11.5 Å². The summed E-state index contributed by atoms with van der Waals surface area (Å²) < 4.78 is 0. The Labute approximate surface area is 113 Å². The van der Waals surface area contributed by atoms with E-state index in [4.69, 9.17) is 10.8 Å². The molecule has 100 valence electrons. The molecule has 1 saturated heterocycles. The quantitative estimate of drug-likeness (QED) is 0.783. The van der Waals surface area contributed by atoms with Crippen LogP contribution in [0.5, 0.6) is 0 Å². The smallest absolute Gasteiger partial charge is 0.335 e. The van der Waals surface area contributed by atoms with Crippen LogP contribution in [0, 0.1) is 5.92 Å². The molecule has 4 nitrogen and oxygen atoms in total. The van der Waals surface area contributed by atoms with Crippen LogP contribution in [-0.2, 0) is 0 Å². The SMILES string of the molecule is Cl.N[C@@H](c1ccc(C(=O)O)cc1)C1CCNCC1. The van der Waals surface area contributed by atoms with Gasteiger partial charge in [-0.1, -0.05) is 12.1 Å². The Morgan fingerprint density at radius 3 is 2.33 bits per heavy atom. The van der Waals surface area contributed by atoms with E-state index < -0.39 is 5.97 Å². The molecule has 0 bridgehead atoms. The second-order valence-corrected chi connectivity index (χ2v) is 4.54. The van der Waals surface area contributed by atoms with E-state index in [-0.39, 0.29) is 18.4 Å². The molecule has 2 rings (SSSR count). The fourth-order valence-corrected chi connectivity index (χ4v) is 2.32. The van der Waals surface area contributed by atoms with Crippen LogP contribution < -0.4 is 11.1 Å². The van der Waals surface area contributed by atoms with Crippen molar-refractivity contribution in [2.75, 3.05) is 13.1 Å². The van der Waals surface area contributed by atoms with Crippen LogP contribution in [0.1, 0.15) is 34.8 Å². The van der Waals surface area contributed by atoms with Crippen molar-refractivity contribution in [2.24, 2.45) is 11.7 Å². The molecule has 0 radical (unpaired) electrons. The third-order valence-corrected chi connectivity index (χ3v) is 3.43. The van der Waals surface area contributed by atoms with Gasteiger partial charge < -0.3 is 16.2 Å². The zero-order chi connectivity index (χ0) is 12.3. The Bertz CT molecular complexity index is 388. The summed E-state index contributed by atoms with van der Waals surface area (Å²) in [5.41, 5.74) is 7.56. The van der Waals surface area contributed by atoms with Crippen molar-refractivity contribution in [1.29, 1.82) is 0 Å². The number of hydrogen-bond acceptors (Lipinski definition) is 3. The molecule has 1 aromatic rings. The fourth-order valence-electron chi connectivity index (χ4n) is 2.32. The maximum absolute atomic E-state index is 10.7. The van der Waals surface area contributed by atoms with Gasteiger partial charge in [0.15, 0.2) is 0 Å². The van der Waals surface area contributed by atoms with Crippen LogP contribution in [0.2, 0.25) is 0 Å². The number of carboxylic acids is 1. The molecule has 0 spiro atoms. The van der Waals surface area contributed by atoms with E-state index in [9.17, 15) is 4.79 Å². The van der Waals surface area contributed by atoms with Gasteiger partial charge in [0.1, 0.15) is 0 Å². The van der Waals surface area contributed by atoms with E-state index in [2.05, 4.69) is 5.32 Å². The molecular weight excluding hydrogens is 252 g/mol. The first-order valence-electron chi connectivity index (χ1n) is 5.98. The van der Waals surface area contributed by atoms with Gasteiger partial charge in [0.25, 0.3) is 0 Å². The second-order valence-electron chi connectivity index (χ2n) is 4.54. The van der Waals surface area contributed by atoms with Crippen molar-refractivity contribution in [2.45, 2.75) is 18.9 Å². The summed E-state index contributed by atoms with van der Waals surface area (Å²) in [4.78, 5) is 10.7. The summed E-state index contributed by atoms with van der Waals surface area (Å²) >= 11 is 0. The van der Waals surface area contributed by atoms with E-state index >= 15 is 0 Å². The summed E-state index contributed by atoms with van der Waals surface area (Å²) in [5.74, 6) is -0.404. The zero-order valence-electron chi connectivity index (χ0n) is 10.1. The number of rotatable bonds is 3. The number of carbonyl (C=O) groups is 1. The first-order valence-corrected chi connectivity index (χ1v) is 5.98. The first-order chi connectivity index (χ1) is 8.18. The van der Waals surface area contributed by atoms with Crippen LogP contribution in [-0.4, -0.2) is 24.2 Å². The van der Waals surface area contributed by atoms with Gasteiger partial charge in [0.2, 0.25) is 0 Å². The topological polar surface area (TPSA) is 75.4 Å². The number of carboxylic acid groups (broad SMARTS) is 1. The summed E-state index contributed by atoms with van der Waals surface area (Å²) in [6.07, 6.45) is 2.17. The lowest BCUT2D eigenvalue weighted by Crippen LogP contribution is -2.33. The lowest BCUT2D eigenvalue weighted by Gasteiger charge is -2.28. The number of nitrogens with one attached hydrogen (secondary N) is 1. The Morgan fingerprint density at radius 2 is 1.83 bits per heavy atom. The molecule has 0 aromatic heterocycles.